The normalized spacial score (nSPS) is 23.7. The van der Waals surface area contributed by atoms with Crippen molar-refractivity contribution in [2.75, 3.05) is 13.7 Å². The first kappa shape index (κ1) is 10.1. The molecule has 1 fully saturated rings. The zero-order valence-corrected chi connectivity index (χ0v) is 8.54. The van der Waals surface area contributed by atoms with Gasteiger partial charge in [0.05, 0.1) is 19.3 Å². The van der Waals surface area contributed by atoms with Gasteiger partial charge < -0.3 is 9.47 Å². The van der Waals surface area contributed by atoms with Gasteiger partial charge in [-0.15, -0.1) is 0 Å². The van der Waals surface area contributed by atoms with E-state index >= 15 is 0 Å². The Morgan fingerprint density at radius 3 is 2.73 bits per heavy atom. The maximum Gasteiger partial charge on any atom is 0.337 e. The van der Waals surface area contributed by atoms with Crippen LogP contribution in [0.1, 0.15) is 22.8 Å². The topological polar surface area (TPSA) is 38.8 Å². The van der Waals surface area contributed by atoms with Crippen LogP contribution < -0.4 is 0 Å². The molecule has 1 aromatic rings. The summed E-state index contributed by atoms with van der Waals surface area (Å²) in [6.07, 6.45) is 0. The van der Waals surface area contributed by atoms with E-state index in [1.54, 1.807) is 6.07 Å². The molecule has 0 amide bonds. The molecule has 1 heterocycles. The molecule has 0 bridgehead atoms. The lowest BCUT2D eigenvalue weighted by molar-refractivity contribution is 0.0600. The number of epoxide rings is 1. The molecule has 1 unspecified atom stereocenters. The summed E-state index contributed by atoms with van der Waals surface area (Å²) in [4.78, 5) is 11.1. The third kappa shape index (κ3) is 1.72. The maximum atomic E-state index is 13.6. The minimum atomic E-state index is -0.540. The van der Waals surface area contributed by atoms with Crippen molar-refractivity contribution >= 4 is 5.97 Å². The van der Waals surface area contributed by atoms with Crippen LogP contribution in [0.15, 0.2) is 18.2 Å². The molecule has 3 nitrogen and oxygen atoms in total. The second-order valence-corrected chi connectivity index (χ2v) is 3.71. The van der Waals surface area contributed by atoms with Crippen LogP contribution >= 0.6 is 0 Å². The van der Waals surface area contributed by atoms with E-state index in [1.807, 2.05) is 6.92 Å². The molecule has 4 heteroatoms. The second kappa shape index (κ2) is 3.31. The first-order valence-corrected chi connectivity index (χ1v) is 4.59. The standard InChI is InChI=1S/C11H11FO3/c1-11(6-15-11)8-4-3-7(5-9(8)12)10(13)14-2/h3-5H,6H2,1-2H3. The predicted molar refractivity (Wildman–Crippen MR) is 51.0 cm³/mol. The van der Waals surface area contributed by atoms with E-state index in [1.165, 1.54) is 19.2 Å². The number of hydrogen-bond donors (Lipinski definition) is 0. The quantitative estimate of drug-likeness (QED) is 0.552. The summed E-state index contributed by atoms with van der Waals surface area (Å²) in [5.41, 5.74) is 0.178. The van der Waals surface area contributed by atoms with Crippen molar-refractivity contribution in [1.82, 2.24) is 0 Å². The van der Waals surface area contributed by atoms with E-state index in [0.29, 0.717) is 12.2 Å². The van der Waals surface area contributed by atoms with Crippen molar-refractivity contribution in [1.29, 1.82) is 0 Å². The van der Waals surface area contributed by atoms with Gasteiger partial charge in [0.2, 0.25) is 0 Å². The first-order chi connectivity index (χ1) is 7.07. The van der Waals surface area contributed by atoms with Crippen LogP contribution in [0.4, 0.5) is 4.39 Å². The summed E-state index contributed by atoms with van der Waals surface area (Å²) in [5.74, 6) is -0.972. The Kier molecular flexibility index (Phi) is 2.23. The fraction of sp³-hybridized carbons (Fsp3) is 0.364. The van der Waals surface area contributed by atoms with Crippen molar-refractivity contribution in [3.05, 3.63) is 35.1 Å². The monoisotopic (exact) mass is 210 g/mol. The first-order valence-electron chi connectivity index (χ1n) is 4.59. The maximum absolute atomic E-state index is 13.6. The van der Waals surface area contributed by atoms with Gasteiger partial charge in [0.25, 0.3) is 0 Å². The van der Waals surface area contributed by atoms with Gasteiger partial charge in [0.1, 0.15) is 11.4 Å². The molecule has 1 aliphatic heterocycles. The number of methoxy groups -OCH3 is 1. The second-order valence-electron chi connectivity index (χ2n) is 3.71. The summed E-state index contributed by atoms with van der Waals surface area (Å²) in [7, 11) is 1.26. The van der Waals surface area contributed by atoms with Gasteiger partial charge in [-0.2, -0.15) is 0 Å². The Morgan fingerprint density at radius 1 is 1.60 bits per heavy atom. The molecule has 0 spiro atoms. The molecule has 15 heavy (non-hydrogen) atoms. The average molecular weight is 210 g/mol. The third-order valence-corrected chi connectivity index (χ3v) is 2.54. The van der Waals surface area contributed by atoms with Crippen molar-refractivity contribution in [2.24, 2.45) is 0 Å². The van der Waals surface area contributed by atoms with E-state index in [4.69, 9.17) is 4.74 Å². The Morgan fingerprint density at radius 2 is 2.27 bits per heavy atom. The van der Waals surface area contributed by atoms with E-state index in [9.17, 15) is 9.18 Å². The summed E-state index contributed by atoms with van der Waals surface area (Å²) in [6, 6.07) is 4.28. The van der Waals surface area contributed by atoms with Crippen molar-refractivity contribution < 1.29 is 18.7 Å². The molecular weight excluding hydrogens is 199 g/mol. The van der Waals surface area contributed by atoms with Gasteiger partial charge in [-0.3, -0.25) is 0 Å². The Labute approximate surface area is 86.8 Å². The lowest BCUT2D eigenvalue weighted by Crippen LogP contribution is -2.08. The Bertz CT molecular complexity index is 410. The van der Waals surface area contributed by atoms with Gasteiger partial charge in [-0.1, -0.05) is 6.07 Å². The minimum absolute atomic E-state index is 0.211. The van der Waals surface area contributed by atoms with Crippen LogP contribution in [0, 0.1) is 5.82 Å². The molecule has 0 radical (unpaired) electrons. The highest BCUT2D eigenvalue weighted by Gasteiger charge is 2.43. The van der Waals surface area contributed by atoms with E-state index in [-0.39, 0.29) is 5.56 Å². The van der Waals surface area contributed by atoms with Crippen molar-refractivity contribution in [2.45, 2.75) is 12.5 Å². The molecule has 1 saturated heterocycles. The molecule has 1 aliphatic rings. The van der Waals surface area contributed by atoms with Gasteiger partial charge >= 0.3 is 5.97 Å². The average Bonchev–Trinajstić information content (AvgIpc) is 2.96. The zero-order valence-electron chi connectivity index (χ0n) is 8.54. The van der Waals surface area contributed by atoms with Crippen LogP contribution in [-0.2, 0) is 15.1 Å². The summed E-state index contributed by atoms with van der Waals surface area (Å²) in [5, 5.41) is 0. The molecule has 0 N–H and O–H groups in total. The van der Waals surface area contributed by atoms with Crippen LogP contribution in [0.2, 0.25) is 0 Å². The lowest BCUT2D eigenvalue weighted by atomic mass is 10.00. The van der Waals surface area contributed by atoms with Gasteiger partial charge in [-0.05, 0) is 19.1 Å². The van der Waals surface area contributed by atoms with E-state index in [0.717, 1.165) is 0 Å². The van der Waals surface area contributed by atoms with Gasteiger partial charge in [-0.25, -0.2) is 9.18 Å². The number of rotatable bonds is 2. The number of benzene rings is 1. The molecule has 0 aliphatic carbocycles. The molecule has 80 valence electrons. The van der Waals surface area contributed by atoms with Crippen LogP contribution in [-0.4, -0.2) is 19.7 Å². The molecule has 2 rings (SSSR count). The Hall–Kier alpha value is -1.42. The third-order valence-electron chi connectivity index (χ3n) is 2.54. The number of carbonyl (C=O) groups excluding carboxylic acids is 1. The van der Waals surface area contributed by atoms with E-state index in [2.05, 4.69) is 4.74 Å². The highest BCUT2D eigenvalue weighted by molar-refractivity contribution is 5.89. The number of halogens is 1. The molecule has 1 atom stereocenters. The van der Waals surface area contributed by atoms with Gasteiger partial charge in [0, 0.05) is 5.56 Å². The SMILES string of the molecule is COC(=O)c1ccc(C2(C)CO2)c(F)c1. The Balaban J connectivity index is 2.35. The molecule has 1 aromatic carbocycles. The highest BCUT2D eigenvalue weighted by Crippen LogP contribution is 2.39. The summed E-state index contributed by atoms with van der Waals surface area (Å²) >= 11 is 0. The number of hydrogen-bond acceptors (Lipinski definition) is 3. The lowest BCUT2D eigenvalue weighted by Gasteiger charge is -2.08. The van der Waals surface area contributed by atoms with Crippen LogP contribution in [0.5, 0.6) is 0 Å². The largest absolute Gasteiger partial charge is 0.465 e. The summed E-state index contributed by atoms with van der Waals surface area (Å²) in [6.45, 7) is 2.32. The van der Waals surface area contributed by atoms with Crippen molar-refractivity contribution in [3.8, 4) is 0 Å². The molecule has 0 saturated carbocycles. The summed E-state index contributed by atoms with van der Waals surface area (Å²) < 4.78 is 23.2. The fourth-order valence-corrected chi connectivity index (χ4v) is 1.45. The number of carbonyl (C=O) groups is 1. The van der Waals surface area contributed by atoms with Crippen molar-refractivity contribution in [3.63, 3.8) is 0 Å². The number of ether oxygens (including phenoxy) is 2. The predicted octanol–water partition coefficient (Wildman–Crippen LogP) is 1.86. The van der Waals surface area contributed by atoms with Crippen LogP contribution in [0.3, 0.4) is 0 Å². The van der Waals surface area contributed by atoms with E-state index < -0.39 is 17.4 Å². The van der Waals surface area contributed by atoms with Crippen LogP contribution in [0.25, 0.3) is 0 Å². The highest BCUT2D eigenvalue weighted by atomic mass is 19.1. The smallest absolute Gasteiger partial charge is 0.337 e. The fourth-order valence-electron chi connectivity index (χ4n) is 1.45. The molecule has 0 aromatic heterocycles. The zero-order chi connectivity index (χ0) is 11.1. The van der Waals surface area contributed by atoms with Gasteiger partial charge in [0.15, 0.2) is 0 Å². The number of esters is 1. The minimum Gasteiger partial charge on any atom is -0.465 e. The molecular formula is C11H11FO3.